The summed E-state index contributed by atoms with van der Waals surface area (Å²) in [5, 5.41) is 5.90. The Hall–Kier alpha value is -3.53. The molecule has 1 saturated heterocycles. The predicted molar refractivity (Wildman–Crippen MR) is 137 cm³/mol. The van der Waals surface area contributed by atoms with Crippen molar-refractivity contribution in [3.8, 4) is 0 Å². The Kier molecular flexibility index (Phi) is 4.10. The number of carbonyl (C=O) groups is 1. The van der Waals surface area contributed by atoms with Crippen LogP contribution in [0, 0.1) is 6.92 Å². The van der Waals surface area contributed by atoms with Crippen LogP contribution in [0.2, 0.25) is 0 Å². The highest BCUT2D eigenvalue weighted by Gasteiger charge is 2.57. The molecule has 2 aliphatic rings. The topological polar surface area (TPSA) is 37.3 Å². The summed E-state index contributed by atoms with van der Waals surface area (Å²) in [6.45, 7) is 7.34. The Labute approximate surface area is 194 Å². The van der Waals surface area contributed by atoms with Gasteiger partial charge in [0, 0.05) is 52.9 Å². The first-order valence-electron chi connectivity index (χ1n) is 11.7. The number of carbonyl (C=O) groups excluding carboxylic acids is 1. The molecule has 3 heterocycles. The molecule has 0 bridgehead atoms. The molecule has 3 aromatic carbocycles. The molecule has 1 aromatic heterocycles. The van der Waals surface area contributed by atoms with Crippen LogP contribution in [0.3, 0.4) is 0 Å². The van der Waals surface area contributed by atoms with Crippen molar-refractivity contribution < 1.29 is 4.79 Å². The van der Waals surface area contributed by atoms with Gasteiger partial charge < -0.3 is 14.8 Å². The van der Waals surface area contributed by atoms with E-state index in [0.717, 1.165) is 12.1 Å². The van der Waals surface area contributed by atoms with Gasteiger partial charge in [0.15, 0.2) is 0 Å². The smallest absolute Gasteiger partial charge is 0.223 e. The molecule has 0 radical (unpaired) electrons. The highest BCUT2D eigenvalue weighted by Crippen LogP contribution is 2.52. The molecule has 1 atom stereocenters. The van der Waals surface area contributed by atoms with Gasteiger partial charge in [0.1, 0.15) is 5.66 Å². The number of anilines is 1. The van der Waals surface area contributed by atoms with Gasteiger partial charge in [0.25, 0.3) is 0 Å². The molecule has 4 heteroatoms. The fourth-order valence-electron chi connectivity index (χ4n) is 5.97. The first kappa shape index (κ1) is 20.1. The number of nitrogens with zero attached hydrogens (tertiary/aromatic N) is 2. The van der Waals surface area contributed by atoms with Crippen molar-refractivity contribution >= 4 is 39.5 Å². The number of amides is 1. The minimum atomic E-state index is -0.591. The van der Waals surface area contributed by atoms with E-state index in [1.54, 1.807) is 0 Å². The average Bonchev–Trinajstić information content (AvgIpc) is 3.19. The lowest BCUT2D eigenvalue weighted by Gasteiger charge is -2.49. The van der Waals surface area contributed by atoms with Gasteiger partial charge in [-0.15, -0.1) is 0 Å². The number of benzene rings is 3. The molecule has 0 spiro atoms. The predicted octanol–water partition coefficient (Wildman–Crippen LogP) is 5.67. The first-order valence-corrected chi connectivity index (χ1v) is 11.7. The summed E-state index contributed by atoms with van der Waals surface area (Å²) < 4.78 is 2.25. The van der Waals surface area contributed by atoms with Gasteiger partial charge in [-0.2, -0.15) is 0 Å². The lowest BCUT2D eigenvalue weighted by molar-refractivity contribution is -0.124. The summed E-state index contributed by atoms with van der Waals surface area (Å²) in [5.41, 5.74) is 6.49. The third kappa shape index (κ3) is 2.67. The second-order valence-corrected chi connectivity index (χ2v) is 10.0. The first-order chi connectivity index (χ1) is 15.8. The number of nitrogens with one attached hydrogen (secondary N) is 1. The summed E-state index contributed by atoms with van der Waals surface area (Å²) in [7, 11) is 2.12. The molecule has 1 fully saturated rings. The van der Waals surface area contributed by atoms with E-state index >= 15 is 0 Å². The molecule has 33 heavy (non-hydrogen) atoms. The van der Waals surface area contributed by atoms with E-state index in [4.69, 9.17) is 0 Å². The Morgan fingerprint density at radius 3 is 2.61 bits per heavy atom. The number of para-hydroxylation sites is 1. The van der Waals surface area contributed by atoms with Crippen molar-refractivity contribution in [1.82, 2.24) is 9.88 Å². The summed E-state index contributed by atoms with van der Waals surface area (Å²) in [6.07, 6.45) is 4.91. The normalized spacial score (nSPS) is 21.6. The van der Waals surface area contributed by atoms with Crippen molar-refractivity contribution in [3.05, 3.63) is 83.4 Å². The number of aryl methyl sites for hydroxylation is 2. The van der Waals surface area contributed by atoms with Crippen LogP contribution in [0.1, 0.15) is 37.0 Å². The number of hydrogen-bond donors (Lipinski definition) is 1. The minimum Gasteiger partial charge on any atom is -0.344 e. The third-order valence-corrected chi connectivity index (χ3v) is 7.84. The van der Waals surface area contributed by atoms with Gasteiger partial charge >= 0.3 is 0 Å². The zero-order chi connectivity index (χ0) is 23.0. The van der Waals surface area contributed by atoms with Crippen LogP contribution in [0.5, 0.6) is 0 Å². The summed E-state index contributed by atoms with van der Waals surface area (Å²) in [6, 6.07) is 21.8. The monoisotopic (exact) mass is 435 g/mol. The van der Waals surface area contributed by atoms with Crippen molar-refractivity contribution in [2.24, 2.45) is 7.05 Å². The molecule has 166 valence electrons. The number of aromatic nitrogens is 1. The van der Waals surface area contributed by atoms with Crippen LogP contribution in [0.25, 0.3) is 27.9 Å². The van der Waals surface area contributed by atoms with E-state index in [1.165, 1.54) is 38.6 Å². The van der Waals surface area contributed by atoms with Gasteiger partial charge in [-0.25, -0.2) is 0 Å². The maximum atomic E-state index is 12.7. The molecule has 0 unspecified atom stereocenters. The van der Waals surface area contributed by atoms with E-state index in [-0.39, 0.29) is 11.3 Å². The van der Waals surface area contributed by atoms with E-state index in [1.807, 2.05) is 0 Å². The molecule has 4 nitrogen and oxygen atoms in total. The van der Waals surface area contributed by atoms with Crippen LogP contribution in [0.4, 0.5) is 5.69 Å². The highest BCUT2D eigenvalue weighted by molar-refractivity contribution is 6.08. The van der Waals surface area contributed by atoms with E-state index in [9.17, 15) is 4.79 Å². The maximum Gasteiger partial charge on any atom is 0.223 e. The van der Waals surface area contributed by atoms with Crippen LogP contribution in [-0.4, -0.2) is 22.7 Å². The van der Waals surface area contributed by atoms with Crippen molar-refractivity contribution in [2.45, 2.75) is 38.3 Å². The average molecular weight is 436 g/mol. The fraction of sp³-hybridized carbons (Fsp3) is 0.276. The molecule has 4 aromatic rings. The largest absolute Gasteiger partial charge is 0.344 e. The molecule has 2 aliphatic heterocycles. The summed E-state index contributed by atoms with van der Waals surface area (Å²) in [4.78, 5) is 15.1. The second-order valence-electron chi connectivity index (χ2n) is 10.0. The SMILES string of the molecule is Cc1ccc2c(c1)C(C)(C)[C@@]1(C=Cc3ccc4c(c3)c3ccccc3n4C)NC(=O)CCN21. The maximum absolute atomic E-state index is 12.7. The van der Waals surface area contributed by atoms with Crippen LogP contribution < -0.4 is 10.2 Å². The molecular formula is C29H29N3O. The van der Waals surface area contributed by atoms with Gasteiger partial charge in [-0.1, -0.05) is 61.9 Å². The second kappa shape index (κ2) is 6.74. The minimum absolute atomic E-state index is 0.109. The van der Waals surface area contributed by atoms with Crippen LogP contribution in [-0.2, 0) is 17.3 Å². The molecule has 1 N–H and O–H groups in total. The van der Waals surface area contributed by atoms with E-state index in [2.05, 4.69) is 115 Å². The Balaban J connectivity index is 1.49. The third-order valence-electron chi connectivity index (χ3n) is 7.84. The van der Waals surface area contributed by atoms with E-state index in [0.29, 0.717) is 6.42 Å². The van der Waals surface area contributed by atoms with Crippen molar-refractivity contribution in [2.75, 3.05) is 11.4 Å². The van der Waals surface area contributed by atoms with Crippen LogP contribution in [0.15, 0.2) is 66.7 Å². The van der Waals surface area contributed by atoms with Gasteiger partial charge in [-0.05, 0) is 48.4 Å². The standard InChI is InChI=1S/C29H29N3O/c1-19-9-11-26-23(17-19)28(2,3)29(30-27(33)14-16-32(26)29)15-13-20-10-12-25-22(18-20)21-7-5-6-8-24(21)31(25)4/h5-13,15,17-18H,14,16H2,1-4H3,(H,30,33)/t29-/m0/s1. The van der Waals surface area contributed by atoms with Gasteiger partial charge in [0.05, 0.1) is 0 Å². The fourth-order valence-corrected chi connectivity index (χ4v) is 5.97. The molecule has 0 saturated carbocycles. The quantitative estimate of drug-likeness (QED) is 0.441. The van der Waals surface area contributed by atoms with Crippen LogP contribution >= 0.6 is 0 Å². The number of hydrogen-bond acceptors (Lipinski definition) is 2. The Bertz CT molecular complexity index is 1480. The summed E-state index contributed by atoms with van der Waals surface area (Å²) >= 11 is 0. The molecule has 0 aliphatic carbocycles. The zero-order valence-corrected chi connectivity index (χ0v) is 19.6. The van der Waals surface area contributed by atoms with Gasteiger partial charge in [0.2, 0.25) is 5.91 Å². The lowest BCUT2D eigenvalue weighted by Crippen LogP contribution is -2.68. The zero-order valence-electron chi connectivity index (χ0n) is 19.6. The van der Waals surface area contributed by atoms with Crippen molar-refractivity contribution in [1.29, 1.82) is 0 Å². The lowest BCUT2D eigenvalue weighted by atomic mass is 9.74. The molecular weight excluding hydrogens is 406 g/mol. The summed E-state index contributed by atoms with van der Waals surface area (Å²) in [5.74, 6) is 0.109. The highest BCUT2D eigenvalue weighted by atomic mass is 16.2. The Morgan fingerprint density at radius 1 is 0.970 bits per heavy atom. The number of rotatable bonds is 2. The molecule has 1 amide bonds. The number of fused-ring (bicyclic) bond motifs is 6. The molecule has 6 rings (SSSR count). The van der Waals surface area contributed by atoms with Gasteiger partial charge in [-0.3, -0.25) is 4.79 Å². The van der Waals surface area contributed by atoms with Crippen molar-refractivity contribution in [3.63, 3.8) is 0 Å². The van der Waals surface area contributed by atoms with E-state index < -0.39 is 5.66 Å². The Morgan fingerprint density at radius 2 is 1.76 bits per heavy atom.